The maximum absolute atomic E-state index is 9.62. The second-order valence-corrected chi connectivity index (χ2v) is 4.24. The Morgan fingerprint density at radius 1 is 1.17 bits per heavy atom. The van der Waals surface area contributed by atoms with Crippen molar-refractivity contribution in [3.05, 3.63) is 48.6 Å². The summed E-state index contributed by atoms with van der Waals surface area (Å²) in [4.78, 5) is 4.59. The Morgan fingerprint density at radius 3 is 2.13 bits per heavy atom. The van der Waals surface area contributed by atoms with Crippen molar-refractivity contribution in [1.82, 2.24) is 5.48 Å². The Labute approximate surface area is 139 Å². The van der Waals surface area contributed by atoms with Crippen molar-refractivity contribution in [3.63, 3.8) is 0 Å². The van der Waals surface area contributed by atoms with E-state index >= 15 is 0 Å². The highest BCUT2D eigenvalue weighted by Crippen LogP contribution is 2.07. The second-order valence-electron chi connectivity index (χ2n) is 4.24. The molecule has 0 fully saturated rings. The molecule has 2 atom stereocenters. The molecule has 0 amide bonds. The number of nitrogens with one attached hydrogen (secondary N) is 1. The molecule has 0 aliphatic heterocycles. The topological polar surface area (TPSA) is 91.2 Å². The van der Waals surface area contributed by atoms with Gasteiger partial charge in [0.05, 0.1) is 19.8 Å². The Bertz CT molecular complexity index is 359. The summed E-state index contributed by atoms with van der Waals surface area (Å²) in [6.45, 7) is 9.50. The number of benzene rings is 1. The summed E-state index contributed by atoms with van der Waals surface area (Å²) in [5.74, 6) is 0. The van der Waals surface area contributed by atoms with E-state index in [1.54, 1.807) is 6.08 Å². The standard InChI is InChI=1S/C12H19NO5.C3H6.C2H6/c1-17-13-10(12(15)16)7-11(14)18-8-9-5-3-2-4-6-9;1-3-2;1-2/h2-6,10-16H,7-8H2,1H3;3H,1H2,2H3;1-2H3. The van der Waals surface area contributed by atoms with Crippen LogP contribution in [0.25, 0.3) is 0 Å². The van der Waals surface area contributed by atoms with Crippen molar-refractivity contribution < 1.29 is 24.9 Å². The van der Waals surface area contributed by atoms with Crippen molar-refractivity contribution in [2.75, 3.05) is 7.11 Å². The van der Waals surface area contributed by atoms with Gasteiger partial charge in [-0.2, -0.15) is 5.48 Å². The molecule has 0 radical (unpaired) electrons. The Morgan fingerprint density at radius 2 is 1.70 bits per heavy atom. The van der Waals surface area contributed by atoms with Gasteiger partial charge in [-0.15, -0.1) is 6.58 Å². The van der Waals surface area contributed by atoms with E-state index in [4.69, 9.17) is 14.9 Å². The second kappa shape index (κ2) is 17.1. The van der Waals surface area contributed by atoms with Gasteiger partial charge in [-0.25, -0.2) is 0 Å². The van der Waals surface area contributed by atoms with Gasteiger partial charge in [0, 0.05) is 6.42 Å². The summed E-state index contributed by atoms with van der Waals surface area (Å²) < 4.78 is 5.19. The summed E-state index contributed by atoms with van der Waals surface area (Å²) in [5, 5.41) is 27.7. The Balaban J connectivity index is 0. The lowest BCUT2D eigenvalue weighted by atomic mass is 10.2. The van der Waals surface area contributed by atoms with Crippen LogP contribution < -0.4 is 5.48 Å². The highest BCUT2D eigenvalue weighted by molar-refractivity contribution is 5.13. The van der Waals surface area contributed by atoms with Crippen molar-refractivity contribution in [2.45, 2.75) is 52.4 Å². The zero-order valence-electron chi connectivity index (χ0n) is 14.5. The van der Waals surface area contributed by atoms with E-state index in [0.717, 1.165) is 5.56 Å². The summed E-state index contributed by atoms with van der Waals surface area (Å²) >= 11 is 0. The molecule has 6 nitrogen and oxygen atoms in total. The number of ether oxygens (including phenoxy) is 1. The highest BCUT2D eigenvalue weighted by Gasteiger charge is 2.20. The zero-order chi connectivity index (χ0) is 18.1. The van der Waals surface area contributed by atoms with Crippen LogP contribution in [-0.4, -0.2) is 41.1 Å². The molecule has 0 aromatic heterocycles. The first-order chi connectivity index (χ1) is 11.0. The van der Waals surface area contributed by atoms with Crippen molar-refractivity contribution in [2.24, 2.45) is 0 Å². The predicted octanol–water partition coefficient (Wildman–Crippen LogP) is 1.96. The van der Waals surface area contributed by atoms with E-state index in [-0.39, 0.29) is 13.0 Å². The van der Waals surface area contributed by atoms with Crippen LogP contribution in [-0.2, 0) is 16.2 Å². The van der Waals surface area contributed by atoms with Crippen LogP contribution in [0, 0.1) is 0 Å². The molecule has 6 heteroatoms. The first-order valence-corrected chi connectivity index (χ1v) is 7.60. The minimum atomic E-state index is -1.64. The average molecular weight is 329 g/mol. The van der Waals surface area contributed by atoms with Crippen LogP contribution in [0.15, 0.2) is 43.0 Å². The largest absolute Gasteiger partial charge is 0.368 e. The van der Waals surface area contributed by atoms with Gasteiger partial charge in [0.25, 0.3) is 0 Å². The molecule has 0 bridgehead atoms. The fourth-order valence-corrected chi connectivity index (χ4v) is 1.43. The number of aliphatic hydroxyl groups excluding tert-OH is 2. The number of aliphatic hydroxyl groups is 3. The third-order valence-corrected chi connectivity index (χ3v) is 2.37. The molecule has 1 aromatic carbocycles. The zero-order valence-corrected chi connectivity index (χ0v) is 14.5. The number of rotatable bonds is 8. The van der Waals surface area contributed by atoms with E-state index in [0.29, 0.717) is 0 Å². The predicted molar refractivity (Wildman–Crippen MR) is 91.2 cm³/mol. The number of allylic oxidation sites excluding steroid dienone is 1. The fraction of sp³-hybridized carbons (Fsp3) is 0.529. The maximum atomic E-state index is 9.62. The highest BCUT2D eigenvalue weighted by atomic mass is 16.6. The van der Waals surface area contributed by atoms with Gasteiger partial charge in [0.2, 0.25) is 0 Å². The quantitative estimate of drug-likeness (QED) is 0.331. The van der Waals surface area contributed by atoms with E-state index in [1.165, 1.54) is 7.11 Å². The third-order valence-electron chi connectivity index (χ3n) is 2.37. The van der Waals surface area contributed by atoms with Gasteiger partial charge in [-0.3, -0.25) is 0 Å². The lowest BCUT2D eigenvalue weighted by molar-refractivity contribution is -0.158. The molecule has 0 saturated carbocycles. The van der Waals surface area contributed by atoms with Crippen LogP contribution in [0.3, 0.4) is 0 Å². The van der Waals surface area contributed by atoms with E-state index in [1.807, 2.05) is 51.1 Å². The monoisotopic (exact) mass is 329 g/mol. The molecular weight excluding hydrogens is 298 g/mol. The molecule has 0 saturated heterocycles. The van der Waals surface area contributed by atoms with Crippen molar-refractivity contribution >= 4 is 0 Å². The van der Waals surface area contributed by atoms with Crippen molar-refractivity contribution in [3.8, 4) is 0 Å². The summed E-state index contributed by atoms with van der Waals surface area (Å²) in [6.07, 6.45) is -1.00. The van der Waals surface area contributed by atoms with Crippen molar-refractivity contribution in [1.29, 1.82) is 0 Å². The minimum absolute atomic E-state index is 0.00165. The molecule has 1 rings (SSSR count). The van der Waals surface area contributed by atoms with E-state index < -0.39 is 18.6 Å². The fourth-order valence-electron chi connectivity index (χ4n) is 1.43. The summed E-state index contributed by atoms with van der Waals surface area (Å²) in [6, 6.07) is 8.56. The molecule has 134 valence electrons. The van der Waals surface area contributed by atoms with Crippen LogP contribution in [0.5, 0.6) is 0 Å². The van der Waals surface area contributed by atoms with Gasteiger partial charge in [-0.1, -0.05) is 50.3 Å². The van der Waals surface area contributed by atoms with Gasteiger partial charge in [-0.05, 0) is 12.5 Å². The molecule has 0 aliphatic rings. The number of hydroxylamine groups is 1. The van der Waals surface area contributed by atoms with E-state index in [2.05, 4.69) is 16.9 Å². The molecule has 0 spiro atoms. The van der Waals surface area contributed by atoms with Gasteiger partial charge in [0.15, 0.2) is 12.6 Å². The Kier molecular flexibility index (Phi) is 17.8. The smallest absolute Gasteiger partial charge is 0.169 e. The lowest BCUT2D eigenvalue weighted by Gasteiger charge is -2.22. The van der Waals surface area contributed by atoms with Crippen LogP contribution in [0.1, 0.15) is 32.8 Å². The normalized spacial score (nSPS) is 12.3. The Hall–Kier alpha value is -1.28. The molecule has 4 N–H and O–H groups in total. The maximum Gasteiger partial charge on any atom is 0.169 e. The van der Waals surface area contributed by atoms with Crippen LogP contribution >= 0.6 is 0 Å². The van der Waals surface area contributed by atoms with Gasteiger partial charge >= 0.3 is 0 Å². The number of hydrogen-bond donors (Lipinski definition) is 4. The number of hydrogen-bond acceptors (Lipinski definition) is 6. The summed E-state index contributed by atoms with van der Waals surface area (Å²) in [5.41, 5.74) is 3.30. The molecular formula is C17H31NO5. The molecule has 0 aliphatic carbocycles. The molecule has 23 heavy (non-hydrogen) atoms. The molecule has 1 aromatic rings. The first kappa shape index (κ1) is 24.0. The first-order valence-electron chi connectivity index (χ1n) is 7.60. The third kappa shape index (κ3) is 14.1. The minimum Gasteiger partial charge on any atom is -0.368 e. The van der Waals surface area contributed by atoms with Crippen LogP contribution in [0.4, 0.5) is 0 Å². The summed E-state index contributed by atoms with van der Waals surface area (Å²) in [7, 11) is 1.35. The SMILES string of the molecule is C=CC.CC.CONC(CC(O)OCc1ccccc1)C(O)O. The average Bonchev–Trinajstić information content (AvgIpc) is 2.56. The molecule has 0 heterocycles. The van der Waals surface area contributed by atoms with Crippen LogP contribution in [0.2, 0.25) is 0 Å². The molecule has 2 unspecified atom stereocenters. The lowest BCUT2D eigenvalue weighted by Crippen LogP contribution is -2.42. The van der Waals surface area contributed by atoms with E-state index in [9.17, 15) is 5.11 Å². The van der Waals surface area contributed by atoms with Gasteiger partial charge < -0.3 is 24.9 Å². The van der Waals surface area contributed by atoms with Gasteiger partial charge in [0.1, 0.15) is 0 Å².